The molecule has 0 aliphatic rings. The molecule has 19 heavy (non-hydrogen) atoms. The predicted molar refractivity (Wildman–Crippen MR) is 80.0 cm³/mol. The van der Waals surface area contributed by atoms with Crippen LogP contribution in [0.4, 0.5) is 5.69 Å². The Labute approximate surface area is 120 Å². The average Bonchev–Trinajstić information content (AvgIpc) is 2.88. The molecule has 6 heteroatoms. The fourth-order valence-electron chi connectivity index (χ4n) is 2.00. The molecule has 0 aromatic carbocycles. The number of aryl methyl sites for hydroxylation is 2. The smallest absolute Gasteiger partial charge is 0.350 e. The molecule has 0 fully saturated rings. The van der Waals surface area contributed by atoms with Gasteiger partial charge in [0, 0.05) is 0 Å². The lowest BCUT2D eigenvalue weighted by molar-refractivity contribution is 0.0607. The molecule has 2 aromatic heterocycles. The molecule has 0 bridgehead atoms. The van der Waals surface area contributed by atoms with E-state index in [1.807, 2.05) is 20.8 Å². The van der Waals surface area contributed by atoms with E-state index in [1.165, 1.54) is 18.4 Å². The van der Waals surface area contributed by atoms with Gasteiger partial charge in [-0.25, -0.2) is 9.78 Å². The van der Waals surface area contributed by atoms with Crippen LogP contribution >= 0.6 is 22.7 Å². The van der Waals surface area contributed by atoms with Gasteiger partial charge in [0.25, 0.3) is 0 Å². The van der Waals surface area contributed by atoms with Crippen LogP contribution in [0, 0.1) is 13.8 Å². The zero-order chi connectivity index (χ0) is 14.2. The Morgan fingerprint density at radius 2 is 2.00 bits per heavy atom. The van der Waals surface area contributed by atoms with E-state index in [0.29, 0.717) is 10.6 Å². The molecule has 0 aliphatic heterocycles. The highest BCUT2D eigenvalue weighted by Gasteiger charge is 2.23. The number of ether oxygens (including phenoxy) is 1. The second-order valence-electron chi connectivity index (χ2n) is 4.15. The molecule has 0 aliphatic carbocycles. The van der Waals surface area contributed by atoms with Crippen LogP contribution in [-0.2, 0) is 11.2 Å². The van der Waals surface area contributed by atoms with Crippen LogP contribution in [-0.4, -0.2) is 18.1 Å². The zero-order valence-electron chi connectivity index (χ0n) is 11.4. The summed E-state index contributed by atoms with van der Waals surface area (Å²) < 4.78 is 4.78. The van der Waals surface area contributed by atoms with Crippen molar-refractivity contribution in [2.75, 3.05) is 12.8 Å². The van der Waals surface area contributed by atoms with Crippen molar-refractivity contribution in [3.05, 3.63) is 21.1 Å². The van der Waals surface area contributed by atoms with Crippen molar-refractivity contribution in [3.8, 4) is 9.75 Å². The molecule has 2 aromatic rings. The maximum absolute atomic E-state index is 11.7. The second-order valence-corrected chi connectivity index (χ2v) is 6.37. The third kappa shape index (κ3) is 2.37. The lowest BCUT2D eigenvalue weighted by Gasteiger charge is -2.00. The van der Waals surface area contributed by atoms with Gasteiger partial charge in [-0.3, -0.25) is 0 Å². The SMILES string of the molecule is CCc1c(-c2sc(C)nc2C)sc(C(=O)OC)c1N. The summed E-state index contributed by atoms with van der Waals surface area (Å²) in [5.41, 5.74) is 8.61. The van der Waals surface area contributed by atoms with Crippen molar-refractivity contribution in [2.45, 2.75) is 27.2 Å². The van der Waals surface area contributed by atoms with Gasteiger partial charge in [0.1, 0.15) is 4.88 Å². The number of hydrogen-bond acceptors (Lipinski definition) is 6. The van der Waals surface area contributed by atoms with E-state index in [9.17, 15) is 4.79 Å². The number of nitrogens with two attached hydrogens (primary N) is 1. The van der Waals surface area contributed by atoms with Crippen LogP contribution in [0.3, 0.4) is 0 Å². The molecule has 0 unspecified atom stereocenters. The second kappa shape index (κ2) is 5.30. The lowest BCUT2D eigenvalue weighted by atomic mass is 10.1. The van der Waals surface area contributed by atoms with Crippen LogP contribution in [0.25, 0.3) is 9.75 Å². The monoisotopic (exact) mass is 296 g/mol. The number of carbonyl (C=O) groups excluding carboxylic acids is 1. The number of methoxy groups -OCH3 is 1. The maximum atomic E-state index is 11.7. The summed E-state index contributed by atoms with van der Waals surface area (Å²) in [6.45, 7) is 5.99. The first kappa shape index (κ1) is 14.0. The highest BCUT2D eigenvalue weighted by Crippen LogP contribution is 2.42. The van der Waals surface area contributed by atoms with Gasteiger partial charge in [-0.15, -0.1) is 22.7 Å². The molecule has 0 atom stereocenters. The van der Waals surface area contributed by atoms with Crippen molar-refractivity contribution in [1.82, 2.24) is 4.98 Å². The lowest BCUT2D eigenvalue weighted by Crippen LogP contribution is -2.02. The minimum Gasteiger partial charge on any atom is -0.465 e. The summed E-state index contributed by atoms with van der Waals surface area (Å²) >= 11 is 3.02. The van der Waals surface area contributed by atoms with Crippen LogP contribution in [0.2, 0.25) is 0 Å². The molecule has 102 valence electrons. The van der Waals surface area contributed by atoms with E-state index >= 15 is 0 Å². The number of thiophene rings is 1. The van der Waals surface area contributed by atoms with Gasteiger partial charge in [0.2, 0.25) is 0 Å². The van der Waals surface area contributed by atoms with E-state index in [4.69, 9.17) is 10.5 Å². The number of anilines is 1. The Hall–Kier alpha value is -1.40. The third-order valence-electron chi connectivity index (χ3n) is 2.88. The summed E-state index contributed by atoms with van der Waals surface area (Å²) in [6, 6.07) is 0. The third-order valence-corrected chi connectivity index (χ3v) is 5.35. The van der Waals surface area contributed by atoms with Gasteiger partial charge in [0.05, 0.1) is 33.3 Å². The number of nitrogens with zero attached hydrogens (tertiary/aromatic N) is 1. The van der Waals surface area contributed by atoms with Crippen LogP contribution in [0.1, 0.15) is 32.9 Å². The molecular formula is C13H16N2O2S2. The molecule has 0 saturated carbocycles. The molecule has 2 rings (SSSR count). The Balaban J connectivity index is 2.64. The van der Waals surface area contributed by atoms with Crippen molar-refractivity contribution >= 4 is 34.3 Å². The highest BCUT2D eigenvalue weighted by atomic mass is 32.1. The van der Waals surface area contributed by atoms with E-state index in [2.05, 4.69) is 4.98 Å². The van der Waals surface area contributed by atoms with Gasteiger partial charge < -0.3 is 10.5 Å². The number of aromatic nitrogens is 1. The Kier molecular flexibility index (Phi) is 3.91. The van der Waals surface area contributed by atoms with Crippen LogP contribution in [0.15, 0.2) is 0 Å². The summed E-state index contributed by atoms with van der Waals surface area (Å²) in [5, 5.41) is 1.01. The molecular weight excluding hydrogens is 280 g/mol. The van der Waals surface area contributed by atoms with Gasteiger partial charge in [-0.05, 0) is 25.8 Å². The Morgan fingerprint density at radius 3 is 2.47 bits per heavy atom. The van der Waals surface area contributed by atoms with Gasteiger partial charge in [-0.1, -0.05) is 6.92 Å². The van der Waals surface area contributed by atoms with E-state index < -0.39 is 0 Å². The van der Waals surface area contributed by atoms with Gasteiger partial charge in [-0.2, -0.15) is 0 Å². The van der Waals surface area contributed by atoms with Crippen molar-refractivity contribution in [2.24, 2.45) is 0 Å². The molecule has 2 N–H and O–H groups in total. The van der Waals surface area contributed by atoms with Gasteiger partial charge in [0.15, 0.2) is 0 Å². The number of rotatable bonds is 3. The van der Waals surface area contributed by atoms with Crippen molar-refractivity contribution < 1.29 is 9.53 Å². The first-order chi connectivity index (χ1) is 8.99. The number of hydrogen-bond donors (Lipinski definition) is 1. The van der Waals surface area contributed by atoms with E-state index in [0.717, 1.165) is 32.4 Å². The molecule has 0 spiro atoms. The summed E-state index contributed by atoms with van der Waals surface area (Å²) in [5.74, 6) is -0.373. The normalized spacial score (nSPS) is 10.7. The fourth-order valence-corrected chi connectivity index (χ4v) is 4.36. The Morgan fingerprint density at radius 1 is 1.32 bits per heavy atom. The largest absolute Gasteiger partial charge is 0.465 e. The quantitative estimate of drug-likeness (QED) is 0.881. The molecule has 4 nitrogen and oxygen atoms in total. The van der Waals surface area contributed by atoms with Crippen molar-refractivity contribution in [1.29, 1.82) is 0 Å². The van der Waals surface area contributed by atoms with Crippen LogP contribution < -0.4 is 5.73 Å². The summed E-state index contributed by atoms with van der Waals surface area (Å²) in [4.78, 5) is 18.8. The van der Waals surface area contributed by atoms with E-state index in [1.54, 1.807) is 11.3 Å². The standard InChI is InChI=1S/C13H16N2O2S2/c1-5-8-9(14)12(13(16)17-4)19-11(8)10-6(2)15-7(3)18-10/h5,14H2,1-4H3. The number of nitrogen functional groups attached to an aromatic ring is 1. The molecule has 0 amide bonds. The maximum Gasteiger partial charge on any atom is 0.350 e. The van der Waals surface area contributed by atoms with Crippen LogP contribution in [0.5, 0.6) is 0 Å². The number of thiazole rings is 1. The first-order valence-electron chi connectivity index (χ1n) is 5.93. The zero-order valence-corrected chi connectivity index (χ0v) is 13.0. The molecule has 0 saturated heterocycles. The minimum atomic E-state index is -0.373. The molecule has 0 radical (unpaired) electrons. The van der Waals surface area contributed by atoms with Crippen molar-refractivity contribution in [3.63, 3.8) is 0 Å². The number of carbonyl (C=O) groups is 1. The molecule has 2 heterocycles. The minimum absolute atomic E-state index is 0.373. The van der Waals surface area contributed by atoms with E-state index in [-0.39, 0.29) is 5.97 Å². The highest BCUT2D eigenvalue weighted by molar-refractivity contribution is 7.23. The van der Waals surface area contributed by atoms with Gasteiger partial charge >= 0.3 is 5.97 Å². The summed E-state index contributed by atoms with van der Waals surface area (Å²) in [6.07, 6.45) is 0.783. The average molecular weight is 296 g/mol. The predicted octanol–water partition coefficient (Wildman–Crippen LogP) is 3.42. The topological polar surface area (TPSA) is 65.2 Å². The Bertz CT molecular complexity index is 629. The summed E-state index contributed by atoms with van der Waals surface area (Å²) in [7, 11) is 1.37. The number of esters is 1. The fraction of sp³-hybridized carbons (Fsp3) is 0.385. The first-order valence-corrected chi connectivity index (χ1v) is 7.56.